The van der Waals surface area contributed by atoms with Crippen molar-refractivity contribution in [3.63, 3.8) is 0 Å². The summed E-state index contributed by atoms with van der Waals surface area (Å²) in [6.07, 6.45) is 1.40. The zero-order valence-electron chi connectivity index (χ0n) is 14.2. The molecule has 0 aliphatic heterocycles. The van der Waals surface area contributed by atoms with E-state index in [9.17, 15) is 21.6 Å². The largest absolute Gasteiger partial charge is 0.377 e. The lowest BCUT2D eigenvalue weighted by Gasteiger charge is -2.18. The Morgan fingerprint density at radius 1 is 1.14 bits per heavy atom. The Hall–Kier alpha value is -2.30. The lowest BCUT2D eigenvalue weighted by Crippen LogP contribution is -2.15. The van der Waals surface area contributed by atoms with Crippen molar-refractivity contribution < 1.29 is 21.6 Å². The first kappa shape index (κ1) is 20.4. The minimum atomic E-state index is -4.24. The van der Waals surface area contributed by atoms with Gasteiger partial charge >= 0.3 is 0 Å². The third-order valence-electron chi connectivity index (χ3n) is 3.77. The summed E-state index contributed by atoms with van der Waals surface area (Å²) in [6, 6.07) is 4.24. The van der Waals surface area contributed by atoms with Gasteiger partial charge in [-0.15, -0.1) is 11.3 Å². The molecule has 2 aromatic carbocycles. The quantitative estimate of drug-likeness (QED) is 0.545. The van der Waals surface area contributed by atoms with Gasteiger partial charge in [-0.1, -0.05) is 17.7 Å². The van der Waals surface area contributed by atoms with E-state index in [1.54, 1.807) is 12.3 Å². The van der Waals surface area contributed by atoms with E-state index >= 15 is 0 Å². The molecule has 0 saturated carbocycles. The number of anilines is 2. The molecule has 0 aliphatic carbocycles. The first-order chi connectivity index (χ1) is 13.2. The van der Waals surface area contributed by atoms with Crippen molar-refractivity contribution in [2.75, 3.05) is 10.0 Å². The molecule has 1 aromatic heterocycles. The number of hydrogen-bond donors (Lipinski definition) is 2. The number of sulfonamides is 1. The molecule has 0 aliphatic rings. The molecule has 0 radical (unpaired) electrons. The van der Waals surface area contributed by atoms with E-state index in [0.29, 0.717) is 0 Å². The minimum absolute atomic E-state index is 0.0589. The van der Waals surface area contributed by atoms with Gasteiger partial charge in [0, 0.05) is 23.2 Å². The maximum atomic E-state index is 14.5. The Bertz CT molecular complexity index is 1110. The van der Waals surface area contributed by atoms with E-state index in [4.69, 9.17) is 11.6 Å². The van der Waals surface area contributed by atoms with Gasteiger partial charge in [-0.25, -0.2) is 26.6 Å². The minimum Gasteiger partial charge on any atom is -0.377 e. The molecule has 148 valence electrons. The third kappa shape index (κ3) is 4.40. The number of hydrogen-bond acceptors (Lipinski definition) is 5. The van der Waals surface area contributed by atoms with Gasteiger partial charge in [0.25, 0.3) is 10.0 Å². The van der Waals surface area contributed by atoms with E-state index in [-0.39, 0.29) is 21.4 Å². The van der Waals surface area contributed by atoms with Crippen LogP contribution in [0, 0.1) is 17.5 Å². The van der Waals surface area contributed by atoms with Gasteiger partial charge in [0.15, 0.2) is 5.13 Å². The van der Waals surface area contributed by atoms with Crippen LogP contribution in [0.25, 0.3) is 0 Å². The van der Waals surface area contributed by atoms with Crippen LogP contribution in [0.5, 0.6) is 0 Å². The summed E-state index contributed by atoms with van der Waals surface area (Å²) in [5, 5.41) is 4.35. The van der Waals surface area contributed by atoms with Crippen LogP contribution in [-0.2, 0) is 10.0 Å². The molecular formula is C17H13ClF3N3O2S2. The molecule has 28 heavy (non-hydrogen) atoms. The molecule has 11 heteroatoms. The number of nitrogens with zero attached hydrogens (tertiary/aromatic N) is 1. The van der Waals surface area contributed by atoms with Gasteiger partial charge in [-0.2, -0.15) is 0 Å². The molecule has 3 rings (SSSR count). The lowest BCUT2D eigenvalue weighted by molar-refractivity contribution is 0.566. The number of thiazole rings is 1. The van der Waals surface area contributed by atoms with Gasteiger partial charge in [0.2, 0.25) is 0 Å². The second kappa shape index (κ2) is 7.98. The average molecular weight is 448 g/mol. The zero-order valence-corrected chi connectivity index (χ0v) is 16.6. The predicted molar refractivity (Wildman–Crippen MR) is 103 cm³/mol. The van der Waals surface area contributed by atoms with Crippen LogP contribution in [0.1, 0.15) is 18.5 Å². The van der Waals surface area contributed by atoms with Gasteiger partial charge < -0.3 is 5.32 Å². The van der Waals surface area contributed by atoms with Crippen molar-refractivity contribution >= 4 is 43.8 Å². The number of halogens is 4. The van der Waals surface area contributed by atoms with E-state index in [1.807, 2.05) is 0 Å². The topological polar surface area (TPSA) is 71.1 Å². The smallest absolute Gasteiger partial charge is 0.266 e. The van der Waals surface area contributed by atoms with Crippen molar-refractivity contribution in [3.8, 4) is 0 Å². The Kier molecular flexibility index (Phi) is 5.82. The number of aromatic nitrogens is 1. The van der Waals surface area contributed by atoms with E-state index in [0.717, 1.165) is 35.6 Å². The summed E-state index contributed by atoms with van der Waals surface area (Å²) in [6.45, 7) is 1.57. The molecule has 0 spiro atoms. The highest BCUT2D eigenvalue weighted by Crippen LogP contribution is 2.32. The first-order valence-corrected chi connectivity index (χ1v) is 10.5. The molecule has 1 atom stereocenters. The predicted octanol–water partition coefficient (Wildman–Crippen LogP) is 5.19. The van der Waals surface area contributed by atoms with Crippen molar-refractivity contribution in [3.05, 3.63) is 69.9 Å². The molecule has 1 heterocycles. The third-order valence-corrected chi connectivity index (χ3v) is 6.25. The van der Waals surface area contributed by atoms with Crippen molar-refractivity contribution in [2.24, 2.45) is 0 Å². The Morgan fingerprint density at radius 2 is 1.89 bits per heavy atom. The highest BCUT2D eigenvalue weighted by atomic mass is 35.5. The monoisotopic (exact) mass is 447 g/mol. The Morgan fingerprint density at radius 3 is 2.54 bits per heavy atom. The summed E-state index contributed by atoms with van der Waals surface area (Å²) in [7, 11) is -4.24. The molecule has 3 aromatic rings. The lowest BCUT2D eigenvalue weighted by atomic mass is 10.1. The molecule has 0 saturated heterocycles. The number of benzene rings is 2. The van der Waals surface area contributed by atoms with Crippen LogP contribution < -0.4 is 10.0 Å². The number of rotatable bonds is 6. The molecule has 5 nitrogen and oxygen atoms in total. The molecule has 2 N–H and O–H groups in total. The summed E-state index contributed by atoms with van der Waals surface area (Å²) in [5.41, 5.74) is 0.198. The second-order valence-electron chi connectivity index (χ2n) is 5.74. The molecule has 0 unspecified atom stereocenters. The highest BCUT2D eigenvalue weighted by Gasteiger charge is 2.23. The summed E-state index contributed by atoms with van der Waals surface area (Å²) in [5.74, 6) is -2.55. The molecular weight excluding hydrogens is 435 g/mol. The number of nitrogens with one attached hydrogen (secondary N) is 2. The molecule has 0 fully saturated rings. The fourth-order valence-corrected chi connectivity index (χ4v) is 4.61. The van der Waals surface area contributed by atoms with E-state index in [1.165, 1.54) is 12.3 Å². The fraction of sp³-hybridized carbons (Fsp3) is 0.118. The van der Waals surface area contributed by atoms with E-state index < -0.39 is 38.4 Å². The summed E-state index contributed by atoms with van der Waals surface area (Å²) in [4.78, 5) is 3.13. The normalized spacial score (nSPS) is 12.6. The zero-order chi connectivity index (χ0) is 20.5. The maximum Gasteiger partial charge on any atom is 0.266 e. The SMILES string of the molecule is C[C@H](Nc1cc(F)c(S(=O)(=O)Nc2nccs2)cc1Cl)c1ccc(F)cc1F. The maximum absolute atomic E-state index is 14.5. The van der Waals surface area contributed by atoms with Gasteiger partial charge in [-0.05, 0) is 25.1 Å². The van der Waals surface area contributed by atoms with Gasteiger partial charge in [0.1, 0.15) is 22.3 Å². The second-order valence-corrected chi connectivity index (χ2v) is 8.69. The van der Waals surface area contributed by atoms with Crippen LogP contribution in [0.3, 0.4) is 0 Å². The average Bonchev–Trinajstić information content (AvgIpc) is 3.09. The van der Waals surface area contributed by atoms with Crippen LogP contribution in [-0.4, -0.2) is 13.4 Å². The fourth-order valence-electron chi connectivity index (χ4n) is 2.45. The van der Waals surface area contributed by atoms with Crippen LogP contribution in [0.2, 0.25) is 5.02 Å². The van der Waals surface area contributed by atoms with Gasteiger partial charge in [0.05, 0.1) is 16.8 Å². The van der Waals surface area contributed by atoms with E-state index in [2.05, 4.69) is 15.0 Å². The Labute approximate surface area is 168 Å². The van der Waals surface area contributed by atoms with Crippen molar-refractivity contribution in [1.82, 2.24) is 4.98 Å². The standard InChI is InChI=1S/C17H13ClF3N3O2S2/c1-9(11-3-2-10(19)6-13(11)20)23-15-8-14(21)16(7-12(15)18)28(25,26)24-17-22-4-5-27-17/h2-9,23H,1H3,(H,22,24)/t9-/m0/s1. The molecule has 0 bridgehead atoms. The van der Waals surface area contributed by atoms with Crippen LogP contribution in [0.4, 0.5) is 24.0 Å². The first-order valence-electron chi connectivity index (χ1n) is 7.80. The summed E-state index contributed by atoms with van der Waals surface area (Å²) < 4.78 is 68.3. The van der Waals surface area contributed by atoms with Gasteiger partial charge in [-0.3, -0.25) is 4.72 Å². The molecule has 0 amide bonds. The summed E-state index contributed by atoms with van der Waals surface area (Å²) >= 11 is 7.13. The highest BCUT2D eigenvalue weighted by molar-refractivity contribution is 7.93. The van der Waals surface area contributed by atoms with Crippen molar-refractivity contribution in [2.45, 2.75) is 17.9 Å². The van der Waals surface area contributed by atoms with Crippen LogP contribution >= 0.6 is 22.9 Å². The van der Waals surface area contributed by atoms with Crippen LogP contribution in [0.15, 0.2) is 46.8 Å². The Balaban J connectivity index is 1.87. The van der Waals surface area contributed by atoms with Crippen molar-refractivity contribution in [1.29, 1.82) is 0 Å².